The topological polar surface area (TPSA) is 0 Å². The Morgan fingerprint density at radius 3 is 0.286 bits per heavy atom. The van der Waals surface area contributed by atoms with Gasteiger partial charge in [-0.3, -0.25) is 0 Å². The fourth-order valence-corrected chi connectivity index (χ4v) is 0. The van der Waals surface area contributed by atoms with Gasteiger partial charge in [-0.2, -0.15) is 0 Å². The van der Waals surface area contributed by atoms with Gasteiger partial charge in [0.2, 0.25) is 0 Å². The molecule has 7 heavy (non-hydrogen) atoms. The molecule has 0 aromatic heterocycles. The summed E-state index contributed by atoms with van der Waals surface area (Å²) in [5.74, 6) is 0. The van der Waals surface area contributed by atoms with E-state index in [1.165, 1.54) is 0 Å². The second-order valence-electron chi connectivity index (χ2n) is 0. The van der Waals surface area contributed by atoms with Crippen molar-refractivity contribution in [1.29, 1.82) is 0 Å². The van der Waals surface area contributed by atoms with Gasteiger partial charge in [0.15, 0.2) is 0 Å². The van der Waals surface area contributed by atoms with Crippen LogP contribution in [0.1, 0.15) is 0 Å². The van der Waals surface area contributed by atoms with Crippen LogP contribution in [0.2, 0.25) is 0 Å². The SMILES string of the molecule is [Cl-].[Cl-].[Cl-].[Cl-].[Cl-].[Zn+2].[Zn+2]. The van der Waals surface area contributed by atoms with Gasteiger partial charge in [0.25, 0.3) is 0 Å². The zero-order valence-corrected chi connectivity index (χ0v) is 13.0. The zero-order chi connectivity index (χ0) is 0. The van der Waals surface area contributed by atoms with Gasteiger partial charge in [0, 0.05) is 0 Å². The molecule has 0 unspecified atom stereocenters. The second kappa shape index (κ2) is 70.8. The smallest absolute Gasteiger partial charge is 1.00 e. The van der Waals surface area contributed by atoms with Crippen molar-refractivity contribution in [3.05, 3.63) is 0 Å². The molecule has 0 aromatic rings. The minimum atomic E-state index is 0. The van der Waals surface area contributed by atoms with Crippen molar-refractivity contribution >= 4 is 0 Å². The fourth-order valence-electron chi connectivity index (χ4n) is 0. The van der Waals surface area contributed by atoms with Crippen LogP contribution in [-0.2, 0) is 39.0 Å². The van der Waals surface area contributed by atoms with E-state index in [0.29, 0.717) is 0 Å². The molecule has 0 aliphatic rings. The molecule has 0 nitrogen and oxygen atoms in total. The van der Waals surface area contributed by atoms with E-state index in [4.69, 9.17) is 0 Å². The summed E-state index contributed by atoms with van der Waals surface area (Å²) < 4.78 is 0. The molecule has 0 aliphatic carbocycles. The first-order chi connectivity index (χ1) is 0. The molecule has 40 valence electrons. The van der Waals surface area contributed by atoms with Crippen LogP contribution in [0, 0.1) is 0 Å². The van der Waals surface area contributed by atoms with Crippen LogP contribution < -0.4 is 62.0 Å². The van der Waals surface area contributed by atoms with Crippen LogP contribution in [0.25, 0.3) is 0 Å². The molecule has 0 aromatic carbocycles. The molecular formula is Cl5Zn2-. The molecule has 0 aliphatic heterocycles. The standard InChI is InChI=1S/5ClH.2Zn/h5*1H;;/q;;;;;2*+2/p-5. The summed E-state index contributed by atoms with van der Waals surface area (Å²) in [6.07, 6.45) is 0. The molecule has 0 radical (unpaired) electrons. The molecule has 0 spiro atoms. The molecule has 0 atom stereocenters. The summed E-state index contributed by atoms with van der Waals surface area (Å²) >= 11 is 0. The van der Waals surface area contributed by atoms with Crippen LogP contribution in [0.15, 0.2) is 0 Å². The Bertz CT molecular complexity index is 6.04. The molecule has 0 fully saturated rings. The summed E-state index contributed by atoms with van der Waals surface area (Å²) in [5.41, 5.74) is 0. The Morgan fingerprint density at radius 1 is 0.286 bits per heavy atom. The number of halogens is 5. The largest absolute Gasteiger partial charge is 2.00 e. The fraction of sp³-hybridized carbons (Fsp3) is 0. The maximum absolute atomic E-state index is 0. The number of hydrogen-bond acceptors (Lipinski definition) is 0. The van der Waals surface area contributed by atoms with E-state index >= 15 is 0 Å². The van der Waals surface area contributed by atoms with Crippen molar-refractivity contribution in [2.24, 2.45) is 0 Å². The van der Waals surface area contributed by atoms with E-state index in [0.717, 1.165) is 0 Å². The first-order valence-corrected chi connectivity index (χ1v) is 0. The van der Waals surface area contributed by atoms with Crippen LogP contribution >= 0.6 is 0 Å². The van der Waals surface area contributed by atoms with Gasteiger partial charge in [0.1, 0.15) is 0 Å². The van der Waals surface area contributed by atoms with Crippen molar-refractivity contribution < 1.29 is 101 Å². The van der Waals surface area contributed by atoms with Gasteiger partial charge in [0.05, 0.1) is 0 Å². The normalized spacial score (nSPS) is 0. The maximum atomic E-state index is 0. The minimum Gasteiger partial charge on any atom is -1.00 e. The van der Waals surface area contributed by atoms with Gasteiger partial charge < -0.3 is 62.0 Å². The Balaban J connectivity index is 0. The third kappa shape index (κ3) is 53.6. The molecular weight excluding hydrogens is 308 g/mol. The quantitative estimate of drug-likeness (QED) is 0.390. The Kier molecular flexibility index (Phi) is 1020. The number of rotatable bonds is 0. The van der Waals surface area contributed by atoms with Crippen molar-refractivity contribution in [1.82, 2.24) is 0 Å². The molecule has 0 saturated heterocycles. The molecule has 0 bridgehead atoms. The van der Waals surface area contributed by atoms with E-state index < -0.39 is 0 Å². The van der Waals surface area contributed by atoms with Crippen molar-refractivity contribution in [3.8, 4) is 0 Å². The van der Waals surface area contributed by atoms with E-state index in [-0.39, 0.29) is 101 Å². The molecule has 0 saturated carbocycles. The molecule has 0 rings (SSSR count). The monoisotopic (exact) mass is 303 g/mol. The van der Waals surface area contributed by atoms with E-state index in [1.807, 2.05) is 0 Å². The van der Waals surface area contributed by atoms with E-state index in [2.05, 4.69) is 0 Å². The molecule has 0 amide bonds. The number of hydrogen-bond donors (Lipinski definition) is 0. The van der Waals surface area contributed by atoms with E-state index in [9.17, 15) is 0 Å². The van der Waals surface area contributed by atoms with Crippen LogP contribution in [-0.4, -0.2) is 0 Å². The van der Waals surface area contributed by atoms with Gasteiger partial charge in [-0.25, -0.2) is 0 Å². The predicted molar refractivity (Wildman–Crippen MR) is 0 cm³/mol. The maximum Gasteiger partial charge on any atom is 2.00 e. The average molecular weight is 308 g/mol. The van der Waals surface area contributed by atoms with E-state index in [1.54, 1.807) is 0 Å². The Hall–Kier alpha value is 2.70. The first kappa shape index (κ1) is 101. The predicted octanol–water partition coefficient (Wildman–Crippen LogP) is -15.0. The third-order valence-corrected chi connectivity index (χ3v) is 0. The minimum absolute atomic E-state index is 0. The second-order valence-corrected chi connectivity index (χ2v) is 0. The van der Waals surface area contributed by atoms with Crippen molar-refractivity contribution in [2.75, 3.05) is 0 Å². The molecule has 0 heterocycles. The summed E-state index contributed by atoms with van der Waals surface area (Å²) in [5, 5.41) is 0. The van der Waals surface area contributed by atoms with Crippen LogP contribution in [0.3, 0.4) is 0 Å². The van der Waals surface area contributed by atoms with Gasteiger partial charge in [-0.15, -0.1) is 0 Å². The molecule has 7 heteroatoms. The zero-order valence-electron chi connectivity index (χ0n) is 3.30. The average Bonchev–Trinajstić information content (AvgIpc) is 0. The Morgan fingerprint density at radius 2 is 0.286 bits per heavy atom. The summed E-state index contributed by atoms with van der Waals surface area (Å²) in [6, 6.07) is 0. The summed E-state index contributed by atoms with van der Waals surface area (Å²) in [7, 11) is 0. The van der Waals surface area contributed by atoms with Crippen molar-refractivity contribution in [2.45, 2.75) is 0 Å². The molecule has 0 N–H and O–H groups in total. The van der Waals surface area contributed by atoms with Crippen LogP contribution in [0.4, 0.5) is 0 Å². The van der Waals surface area contributed by atoms with Crippen molar-refractivity contribution in [3.63, 3.8) is 0 Å². The summed E-state index contributed by atoms with van der Waals surface area (Å²) in [4.78, 5) is 0. The third-order valence-electron chi connectivity index (χ3n) is 0. The van der Waals surface area contributed by atoms with Crippen LogP contribution in [0.5, 0.6) is 0 Å². The Labute approximate surface area is 99.9 Å². The summed E-state index contributed by atoms with van der Waals surface area (Å²) in [6.45, 7) is 0. The first-order valence-electron chi connectivity index (χ1n) is 0. The van der Waals surface area contributed by atoms with Gasteiger partial charge in [-0.1, -0.05) is 0 Å². The van der Waals surface area contributed by atoms with Gasteiger partial charge in [-0.05, 0) is 0 Å². The van der Waals surface area contributed by atoms with Gasteiger partial charge >= 0.3 is 39.0 Å².